The molecule has 0 saturated carbocycles. The standard InChI is InChI=1S/C16H21FN2/c1-2-10-19-11-7-16(8-12-19)18-9-6-14-4-3-5-15(17)13-14/h1,3-5,13,16,18H,6-12H2. The lowest BCUT2D eigenvalue weighted by Gasteiger charge is -2.31. The molecule has 1 aromatic rings. The molecule has 0 radical (unpaired) electrons. The third-order valence-corrected chi connectivity index (χ3v) is 3.64. The van der Waals surface area contributed by atoms with E-state index in [4.69, 9.17) is 6.42 Å². The van der Waals surface area contributed by atoms with E-state index < -0.39 is 0 Å². The maximum Gasteiger partial charge on any atom is 0.123 e. The van der Waals surface area contributed by atoms with Crippen molar-refractivity contribution in [1.29, 1.82) is 0 Å². The van der Waals surface area contributed by atoms with Gasteiger partial charge in [0.05, 0.1) is 6.54 Å². The van der Waals surface area contributed by atoms with Crippen LogP contribution in [-0.4, -0.2) is 37.1 Å². The molecule has 1 aromatic carbocycles. The number of benzene rings is 1. The molecule has 3 heteroatoms. The Kier molecular flexibility index (Phi) is 5.38. The van der Waals surface area contributed by atoms with Crippen molar-refractivity contribution in [3.63, 3.8) is 0 Å². The molecule has 0 spiro atoms. The number of likely N-dealkylation sites (tertiary alicyclic amines) is 1. The van der Waals surface area contributed by atoms with Crippen LogP contribution in [0, 0.1) is 18.2 Å². The van der Waals surface area contributed by atoms with Gasteiger partial charge in [0.2, 0.25) is 0 Å². The van der Waals surface area contributed by atoms with Gasteiger partial charge in [-0.15, -0.1) is 6.42 Å². The van der Waals surface area contributed by atoms with Crippen molar-refractivity contribution in [3.8, 4) is 12.3 Å². The van der Waals surface area contributed by atoms with Crippen molar-refractivity contribution >= 4 is 0 Å². The molecular formula is C16H21FN2. The van der Waals surface area contributed by atoms with Crippen LogP contribution in [0.2, 0.25) is 0 Å². The van der Waals surface area contributed by atoms with E-state index in [0.717, 1.165) is 51.0 Å². The summed E-state index contributed by atoms with van der Waals surface area (Å²) in [6.45, 7) is 3.81. The van der Waals surface area contributed by atoms with Crippen LogP contribution in [0.4, 0.5) is 4.39 Å². The molecule has 0 amide bonds. The monoisotopic (exact) mass is 260 g/mol. The quantitative estimate of drug-likeness (QED) is 0.815. The second-order valence-electron chi connectivity index (χ2n) is 5.09. The number of hydrogen-bond donors (Lipinski definition) is 1. The van der Waals surface area contributed by atoms with E-state index in [1.807, 2.05) is 6.07 Å². The van der Waals surface area contributed by atoms with Crippen molar-refractivity contribution in [2.24, 2.45) is 0 Å². The molecule has 0 aliphatic carbocycles. The zero-order valence-corrected chi connectivity index (χ0v) is 11.2. The first-order valence-electron chi connectivity index (χ1n) is 6.91. The Morgan fingerprint density at radius 2 is 2.16 bits per heavy atom. The van der Waals surface area contributed by atoms with E-state index in [9.17, 15) is 4.39 Å². The topological polar surface area (TPSA) is 15.3 Å². The number of rotatable bonds is 5. The number of terminal acetylenes is 1. The minimum atomic E-state index is -0.153. The van der Waals surface area contributed by atoms with Crippen LogP contribution in [0.5, 0.6) is 0 Å². The summed E-state index contributed by atoms with van der Waals surface area (Å²) >= 11 is 0. The summed E-state index contributed by atoms with van der Waals surface area (Å²) in [5, 5.41) is 3.55. The van der Waals surface area contributed by atoms with Gasteiger partial charge in [0.25, 0.3) is 0 Å². The number of piperidine rings is 1. The lowest BCUT2D eigenvalue weighted by molar-refractivity contribution is 0.218. The maximum absolute atomic E-state index is 13.0. The van der Waals surface area contributed by atoms with E-state index in [-0.39, 0.29) is 5.82 Å². The highest BCUT2D eigenvalue weighted by Crippen LogP contribution is 2.10. The van der Waals surface area contributed by atoms with E-state index in [1.165, 1.54) is 6.07 Å². The molecule has 0 bridgehead atoms. The molecule has 0 unspecified atom stereocenters. The van der Waals surface area contributed by atoms with E-state index in [1.54, 1.807) is 12.1 Å². The second-order valence-corrected chi connectivity index (χ2v) is 5.09. The predicted octanol–water partition coefficient (Wildman–Crippen LogP) is 2.06. The Morgan fingerprint density at radius 3 is 2.84 bits per heavy atom. The maximum atomic E-state index is 13.0. The fraction of sp³-hybridized carbons (Fsp3) is 0.500. The van der Waals surface area contributed by atoms with Gasteiger partial charge in [-0.3, -0.25) is 4.90 Å². The molecule has 1 fully saturated rings. The van der Waals surface area contributed by atoms with Crippen molar-refractivity contribution in [2.75, 3.05) is 26.2 Å². The Morgan fingerprint density at radius 1 is 1.37 bits per heavy atom. The summed E-state index contributed by atoms with van der Waals surface area (Å²) in [6, 6.07) is 7.40. The van der Waals surface area contributed by atoms with Gasteiger partial charge in [-0.25, -0.2) is 4.39 Å². The molecule has 0 atom stereocenters. The van der Waals surface area contributed by atoms with Crippen molar-refractivity contribution in [3.05, 3.63) is 35.6 Å². The first-order valence-corrected chi connectivity index (χ1v) is 6.91. The van der Waals surface area contributed by atoms with Crippen LogP contribution in [0.25, 0.3) is 0 Å². The van der Waals surface area contributed by atoms with Gasteiger partial charge in [-0.2, -0.15) is 0 Å². The van der Waals surface area contributed by atoms with Crippen LogP contribution < -0.4 is 5.32 Å². The number of nitrogens with one attached hydrogen (secondary N) is 1. The van der Waals surface area contributed by atoms with Crippen LogP contribution in [0.1, 0.15) is 18.4 Å². The summed E-state index contributed by atoms with van der Waals surface area (Å²) in [7, 11) is 0. The van der Waals surface area contributed by atoms with Crippen molar-refractivity contribution < 1.29 is 4.39 Å². The minimum Gasteiger partial charge on any atom is -0.314 e. The molecule has 2 rings (SSSR count). The van der Waals surface area contributed by atoms with Gasteiger partial charge in [-0.1, -0.05) is 18.1 Å². The smallest absolute Gasteiger partial charge is 0.123 e. The fourth-order valence-electron chi connectivity index (χ4n) is 2.54. The number of hydrogen-bond acceptors (Lipinski definition) is 2. The molecule has 1 heterocycles. The fourth-order valence-corrected chi connectivity index (χ4v) is 2.54. The highest BCUT2D eigenvalue weighted by molar-refractivity contribution is 5.16. The summed E-state index contributed by atoms with van der Waals surface area (Å²) in [5.74, 6) is 2.54. The highest BCUT2D eigenvalue weighted by Gasteiger charge is 2.17. The first-order chi connectivity index (χ1) is 9.28. The minimum absolute atomic E-state index is 0.153. The molecule has 1 aliphatic heterocycles. The van der Waals surface area contributed by atoms with Gasteiger partial charge >= 0.3 is 0 Å². The summed E-state index contributed by atoms with van der Waals surface area (Å²) < 4.78 is 13.0. The molecule has 1 saturated heterocycles. The molecule has 1 aliphatic rings. The predicted molar refractivity (Wildman–Crippen MR) is 76.4 cm³/mol. The van der Waals surface area contributed by atoms with Crippen LogP contribution in [-0.2, 0) is 6.42 Å². The average molecular weight is 260 g/mol. The number of halogens is 1. The van der Waals surface area contributed by atoms with Crippen LogP contribution in [0.15, 0.2) is 24.3 Å². The van der Waals surface area contributed by atoms with E-state index in [0.29, 0.717) is 6.04 Å². The Labute approximate surface area is 115 Å². The Balaban J connectivity index is 1.66. The first kappa shape index (κ1) is 14.0. The van der Waals surface area contributed by atoms with Gasteiger partial charge in [-0.05, 0) is 43.5 Å². The number of nitrogens with zero attached hydrogens (tertiary/aromatic N) is 1. The lowest BCUT2D eigenvalue weighted by atomic mass is 10.0. The molecule has 19 heavy (non-hydrogen) atoms. The molecule has 102 valence electrons. The third kappa shape index (κ3) is 4.66. The normalized spacial score (nSPS) is 17.3. The van der Waals surface area contributed by atoms with E-state index in [2.05, 4.69) is 16.1 Å². The molecule has 0 aromatic heterocycles. The van der Waals surface area contributed by atoms with Crippen molar-refractivity contribution in [2.45, 2.75) is 25.3 Å². The van der Waals surface area contributed by atoms with E-state index >= 15 is 0 Å². The SMILES string of the molecule is C#CCN1CCC(NCCc2cccc(F)c2)CC1. The van der Waals surface area contributed by atoms with Gasteiger partial charge < -0.3 is 5.32 Å². The molecule has 2 nitrogen and oxygen atoms in total. The Hall–Kier alpha value is -1.37. The Bertz CT molecular complexity index is 431. The molecule has 1 N–H and O–H groups in total. The zero-order valence-electron chi connectivity index (χ0n) is 11.2. The van der Waals surface area contributed by atoms with Gasteiger partial charge in [0.15, 0.2) is 0 Å². The van der Waals surface area contributed by atoms with Crippen LogP contribution in [0.3, 0.4) is 0 Å². The summed E-state index contributed by atoms with van der Waals surface area (Å²) in [6.07, 6.45) is 8.48. The summed E-state index contributed by atoms with van der Waals surface area (Å²) in [5.41, 5.74) is 1.05. The van der Waals surface area contributed by atoms with Crippen molar-refractivity contribution in [1.82, 2.24) is 10.2 Å². The van der Waals surface area contributed by atoms with Gasteiger partial charge in [0.1, 0.15) is 5.82 Å². The second kappa shape index (κ2) is 7.28. The highest BCUT2D eigenvalue weighted by atomic mass is 19.1. The lowest BCUT2D eigenvalue weighted by Crippen LogP contribution is -2.43. The average Bonchev–Trinajstić information content (AvgIpc) is 2.41. The largest absolute Gasteiger partial charge is 0.314 e. The summed E-state index contributed by atoms with van der Waals surface area (Å²) in [4.78, 5) is 2.31. The zero-order chi connectivity index (χ0) is 13.5. The van der Waals surface area contributed by atoms with Crippen LogP contribution >= 0.6 is 0 Å². The molecular weight excluding hydrogens is 239 g/mol. The third-order valence-electron chi connectivity index (χ3n) is 3.64. The van der Waals surface area contributed by atoms with Gasteiger partial charge in [0, 0.05) is 19.1 Å².